The predicted molar refractivity (Wildman–Crippen MR) is 71.8 cm³/mol. The molecule has 1 aromatic heterocycles. The van der Waals surface area contributed by atoms with Gasteiger partial charge in [0.15, 0.2) is 0 Å². The number of aliphatic hydroxyl groups is 1. The van der Waals surface area contributed by atoms with Gasteiger partial charge < -0.3 is 14.6 Å². The monoisotopic (exact) mass is 300 g/mol. The van der Waals surface area contributed by atoms with Gasteiger partial charge in [0.1, 0.15) is 30.1 Å². The van der Waals surface area contributed by atoms with Crippen LogP contribution in [0.4, 0.5) is 8.78 Å². The van der Waals surface area contributed by atoms with Crippen LogP contribution in [-0.4, -0.2) is 24.4 Å². The molecular weight excluding hydrogens is 286 g/mol. The number of halogens is 2. The zero-order chi connectivity index (χ0) is 14.4. The van der Waals surface area contributed by atoms with E-state index in [1.54, 1.807) is 11.3 Å². The Balaban J connectivity index is 1.70. The minimum atomic E-state index is -0.860. The van der Waals surface area contributed by atoms with Crippen molar-refractivity contribution >= 4 is 11.3 Å². The maximum atomic E-state index is 12.9. The smallest absolute Gasteiger partial charge is 0.129 e. The average Bonchev–Trinajstić information content (AvgIpc) is 2.88. The van der Waals surface area contributed by atoms with Gasteiger partial charge in [0.25, 0.3) is 0 Å². The van der Waals surface area contributed by atoms with Gasteiger partial charge in [-0.2, -0.15) is 0 Å². The summed E-state index contributed by atoms with van der Waals surface area (Å²) in [4.78, 5) is 1.06. The molecule has 0 fully saturated rings. The van der Waals surface area contributed by atoms with Gasteiger partial charge in [0.05, 0.1) is 13.2 Å². The molecule has 1 heterocycles. The third-order valence-corrected chi connectivity index (χ3v) is 3.26. The van der Waals surface area contributed by atoms with E-state index < -0.39 is 17.7 Å². The van der Waals surface area contributed by atoms with Crippen LogP contribution in [0.2, 0.25) is 0 Å². The standard InChI is InChI=1S/C14H14F2O3S/c15-10-4-11(16)6-13(5-10)19-8-12(17)7-18-9-14-2-1-3-20-14/h1-6,12,17H,7-9H2. The molecule has 108 valence electrons. The summed E-state index contributed by atoms with van der Waals surface area (Å²) in [6.45, 7) is 0.423. The van der Waals surface area contributed by atoms with E-state index in [9.17, 15) is 13.9 Å². The summed E-state index contributed by atoms with van der Waals surface area (Å²) in [6, 6.07) is 6.72. The first kappa shape index (κ1) is 14.9. The van der Waals surface area contributed by atoms with E-state index in [-0.39, 0.29) is 19.0 Å². The van der Waals surface area contributed by atoms with Gasteiger partial charge in [-0.15, -0.1) is 11.3 Å². The van der Waals surface area contributed by atoms with Gasteiger partial charge in [-0.05, 0) is 11.4 Å². The van der Waals surface area contributed by atoms with Crippen molar-refractivity contribution in [2.45, 2.75) is 12.7 Å². The van der Waals surface area contributed by atoms with Crippen molar-refractivity contribution in [1.82, 2.24) is 0 Å². The van der Waals surface area contributed by atoms with Crippen molar-refractivity contribution in [2.24, 2.45) is 0 Å². The maximum absolute atomic E-state index is 12.9. The molecule has 0 spiro atoms. The summed E-state index contributed by atoms with van der Waals surface area (Å²) in [6.07, 6.45) is -0.860. The third kappa shape index (κ3) is 4.88. The number of hydrogen-bond acceptors (Lipinski definition) is 4. The fraction of sp³-hybridized carbons (Fsp3) is 0.286. The Hall–Kier alpha value is -1.50. The van der Waals surface area contributed by atoms with Crippen molar-refractivity contribution in [3.8, 4) is 5.75 Å². The van der Waals surface area contributed by atoms with Gasteiger partial charge in [-0.3, -0.25) is 0 Å². The van der Waals surface area contributed by atoms with Crippen molar-refractivity contribution in [3.05, 3.63) is 52.2 Å². The van der Waals surface area contributed by atoms with Gasteiger partial charge in [-0.1, -0.05) is 6.07 Å². The van der Waals surface area contributed by atoms with Gasteiger partial charge >= 0.3 is 0 Å². The van der Waals surface area contributed by atoms with Crippen LogP contribution in [0.1, 0.15) is 4.88 Å². The predicted octanol–water partition coefficient (Wildman–Crippen LogP) is 2.98. The van der Waals surface area contributed by atoms with Crippen LogP contribution in [0.3, 0.4) is 0 Å². The molecule has 0 bridgehead atoms. The van der Waals surface area contributed by atoms with Gasteiger partial charge in [0, 0.05) is 23.1 Å². The van der Waals surface area contributed by atoms with Crippen LogP contribution in [-0.2, 0) is 11.3 Å². The molecule has 0 radical (unpaired) electrons. The van der Waals surface area contributed by atoms with E-state index in [2.05, 4.69) is 0 Å². The third-order valence-electron chi connectivity index (χ3n) is 2.41. The fourth-order valence-corrected chi connectivity index (χ4v) is 2.18. The topological polar surface area (TPSA) is 38.7 Å². The zero-order valence-electron chi connectivity index (χ0n) is 10.6. The zero-order valence-corrected chi connectivity index (χ0v) is 11.4. The van der Waals surface area contributed by atoms with E-state index in [4.69, 9.17) is 9.47 Å². The molecule has 2 rings (SSSR count). The number of aliphatic hydroxyl groups excluding tert-OH is 1. The Morgan fingerprint density at radius 1 is 1.15 bits per heavy atom. The summed E-state index contributed by atoms with van der Waals surface area (Å²) in [5.41, 5.74) is 0. The second-order valence-corrected chi connectivity index (χ2v) is 5.20. The molecule has 0 saturated heterocycles. The lowest BCUT2D eigenvalue weighted by atomic mass is 10.3. The van der Waals surface area contributed by atoms with Crippen LogP contribution < -0.4 is 4.74 Å². The summed E-state index contributed by atoms with van der Waals surface area (Å²) < 4.78 is 36.2. The second kappa shape index (κ2) is 7.33. The van der Waals surface area contributed by atoms with E-state index in [0.717, 1.165) is 23.1 Å². The Morgan fingerprint density at radius 2 is 1.90 bits per heavy atom. The first-order chi connectivity index (χ1) is 9.63. The van der Waals surface area contributed by atoms with E-state index >= 15 is 0 Å². The Kier molecular flexibility index (Phi) is 5.46. The number of ether oxygens (including phenoxy) is 2. The highest BCUT2D eigenvalue weighted by Crippen LogP contribution is 2.15. The molecule has 3 nitrogen and oxygen atoms in total. The lowest BCUT2D eigenvalue weighted by Gasteiger charge is -2.12. The Bertz CT molecular complexity index is 511. The van der Waals surface area contributed by atoms with E-state index in [0.29, 0.717) is 6.61 Å². The molecule has 6 heteroatoms. The molecule has 1 N–H and O–H groups in total. The van der Waals surface area contributed by atoms with Gasteiger partial charge in [-0.25, -0.2) is 8.78 Å². The molecule has 2 aromatic rings. The van der Waals surface area contributed by atoms with Crippen molar-refractivity contribution in [3.63, 3.8) is 0 Å². The Labute approximate surface area is 119 Å². The van der Waals surface area contributed by atoms with Crippen LogP contribution in [0.15, 0.2) is 35.7 Å². The minimum Gasteiger partial charge on any atom is -0.491 e. The molecule has 0 aliphatic rings. The van der Waals surface area contributed by atoms with Crippen LogP contribution >= 0.6 is 11.3 Å². The SMILES string of the molecule is OC(COCc1cccs1)COc1cc(F)cc(F)c1. The first-order valence-corrected chi connectivity index (χ1v) is 6.88. The van der Waals surface area contributed by atoms with Crippen LogP contribution in [0.25, 0.3) is 0 Å². The molecule has 0 aliphatic heterocycles. The lowest BCUT2D eigenvalue weighted by Crippen LogP contribution is -2.23. The highest BCUT2D eigenvalue weighted by molar-refractivity contribution is 7.09. The molecule has 1 unspecified atom stereocenters. The first-order valence-electron chi connectivity index (χ1n) is 6.00. The van der Waals surface area contributed by atoms with Crippen molar-refractivity contribution in [2.75, 3.05) is 13.2 Å². The number of rotatable bonds is 7. The maximum Gasteiger partial charge on any atom is 0.129 e. The summed E-state index contributed by atoms with van der Waals surface area (Å²) in [7, 11) is 0. The molecule has 20 heavy (non-hydrogen) atoms. The summed E-state index contributed by atoms with van der Waals surface area (Å²) >= 11 is 1.57. The Morgan fingerprint density at radius 3 is 2.55 bits per heavy atom. The van der Waals surface area contributed by atoms with Gasteiger partial charge in [0.2, 0.25) is 0 Å². The normalized spacial score (nSPS) is 12.3. The molecule has 0 amide bonds. The quantitative estimate of drug-likeness (QED) is 0.854. The van der Waals surface area contributed by atoms with E-state index in [1.165, 1.54) is 0 Å². The summed E-state index contributed by atoms with van der Waals surface area (Å²) in [5, 5.41) is 11.6. The number of benzene rings is 1. The lowest BCUT2D eigenvalue weighted by molar-refractivity contribution is 0.00614. The van der Waals surface area contributed by atoms with Crippen molar-refractivity contribution in [1.29, 1.82) is 0 Å². The molecular formula is C14H14F2O3S. The highest BCUT2D eigenvalue weighted by Gasteiger charge is 2.08. The number of hydrogen-bond donors (Lipinski definition) is 1. The highest BCUT2D eigenvalue weighted by atomic mass is 32.1. The molecule has 1 aromatic carbocycles. The fourth-order valence-electron chi connectivity index (χ4n) is 1.54. The average molecular weight is 300 g/mol. The summed E-state index contributed by atoms with van der Waals surface area (Å²) in [5.74, 6) is -1.40. The van der Waals surface area contributed by atoms with Crippen LogP contribution in [0, 0.1) is 11.6 Å². The number of thiophene rings is 1. The van der Waals surface area contributed by atoms with Crippen molar-refractivity contribution < 1.29 is 23.4 Å². The largest absolute Gasteiger partial charge is 0.491 e. The second-order valence-electron chi connectivity index (χ2n) is 4.16. The van der Waals surface area contributed by atoms with E-state index in [1.807, 2.05) is 17.5 Å². The molecule has 1 atom stereocenters. The molecule has 0 saturated carbocycles. The minimum absolute atomic E-state index is 0.0415. The molecule has 0 aliphatic carbocycles. The van der Waals surface area contributed by atoms with Crippen LogP contribution in [0.5, 0.6) is 5.75 Å².